The largest absolute Gasteiger partial charge is 0.472 e. The van der Waals surface area contributed by atoms with Crippen molar-refractivity contribution in [2.24, 2.45) is 0 Å². The second kappa shape index (κ2) is 59.6. The Balaban J connectivity index is 5.24. The number of rotatable bonds is 58. The lowest BCUT2D eigenvalue weighted by Gasteiger charge is -2.27. The van der Waals surface area contributed by atoms with Gasteiger partial charge in [-0.25, -0.2) is 4.57 Å². The second-order valence-corrected chi connectivity index (χ2v) is 24.5. The average molecular weight is 1150 g/mol. The van der Waals surface area contributed by atoms with Crippen LogP contribution in [-0.2, 0) is 27.9 Å². The SMILES string of the molecule is CC\C=C/C=C/C=C/C=C\C=C\C=C\CCCCCC(=O)NC(COP(=O)(O)OCC[N+](C)(C)C)C(/C=C\CCCCCCCCCCCCC)OC(=O)CCCCCCCCCCCCCC/C=C\C/C=C\C/C=C\CCCCC. The molecule has 10 heteroatoms. The summed E-state index contributed by atoms with van der Waals surface area (Å²) >= 11 is 0. The normalized spacial score (nSPS) is 14.4. The summed E-state index contributed by atoms with van der Waals surface area (Å²) in [5.41, 5.74) is 0. The summed E-state index contributed by atoms with van der Waals surface area (Å²) in [6.07, 6.45) is 83.4. The van der Waals surface area contributed by atoms with Crippen molar-refractivity contribution >= 4 is 19.7 Å². The number of nitrogens with zero attached hydrogens (tertiary/aromatic N) is 1. The number of ether oxygens (including phenoxy) is 1. The fourth-order valence-corrected chi connectivity index (χ4v) is 9.71. The van der Waals surface area contributed by atoms with Gasteiger partial charge < -0.3 is 19.4 Å². The van der Waals surface area contributed by atoms with Gasteiger partial charge in [-0.05, 0) is 89.5 Å². The summed E-state index contributed by atoms with van der Waals surface area (Å²) in [6, 6.07) is -0.881. The van der Waals surface area contributed by atoms with Crippen LogP contribution in [0.4, 0.5) is 0 Å². The molecule has 464 valence electrons. The number of nitrogens with one attached hydrogen (secondary N) is 1. The van der Waals surface area contributed by atoms with Crippen LogP contribution in [0.1, 0.15) is 265 Å². The summed E-state index contributed by atoms with van der Waals surface area (Å²) in [5.74, 6) is -0.562. The molecule has 0 spiro atoms. The monoisotopic (exact) mass is 1150 g/mol. The van der Waals surface area contributed by atoms with E-state index in [1.54, 1.807) is 0 Å². The highest BCUT2D eigenvalue weighted by atomic mass is 31.2. The fraction of sp³-hybridized carbons (Fsp3) is 0.690. The van der Waals surface area contributed by atoms with Gasteiger partial charge in [-0.2, -0.15) is 0 Å². The van der Waals surface area contributed by atoms with Gasteiger partial charge in [0, 0.05) is 12.8 Å². The van der Waals surface area contributed by atoms with E-state index in [4.69, 9.17) is 13.8 Å². The minimum absolute atomic E-state index is 0.0246. The number of hydrogen-bond donors (Lipinski definition) is 2. The number of unbranched alkanes of at least 4 members (excludes halogenated alkanes) is 29. The third-order valence-electron chi connectivity index (χ3n) is 14.0. The van der Waals surface area contributed by atoms with Crippen molar-refractivity contribution < 1.29 is 37.3 Å². The summed E-state index contributed by atoms with van der Waals surface area (Å²) in [4.78, 5) is 37.8. The number of carbonyl (C=O) groups excluding carboxylic acids is 2. The first-order valence-electron chi connectivity index (χ1n) is 32.9. The molecule has 0 aromatic rings. The standard InChI is InChI=1S/C71H123N2O7P/c1-7-10-13-16-19-22-25-28-30-32-33-34-35-36-37-38-39-41-43-46-49-52-55-58-61-64-71(75)80-69(62-59-56-53-50-47-44-27-24-21-18-15-12-9-3)68(67-79-81(76,77)78-66-65-73(4,5)6)72-70(74)63-60-57-54-51-48-45-42-40-31-29-26-23-20-17-14-11-8-2/h11,14,17,19-20,22-23,26,28-31,33-34,40,42,45,48,59,62,68-69H,7-10,12-13,15-16,18,21,24-25,27,32,35-39,41,43-44,46-47,49-58,60-61,63-67H2,1-6H3,(H-,72,74,76,77)/p+1/b14-11-,20-17+,22-19-,26-23+,30-28-,31-29-,34-33-,42-40+,48-45+,62-59-. The topological polar surface area (TPSA) is 111 Å². The molecule has 0 saturated carbocycles. The molecule has 3 unspecified atom stereocenters. The lowest BCUT2D eigenvalue weighted by atomic mass is 10.0. The van der Waals surface area contributed by atoms with Crippen molar-refractivity contribution in [2.45, 2.75) is 277 Å². The van der Waals surface area contributed by atoms with E-state index in [0.29, 0.717) is 17.4 Å². The van der Waals surface area contributed by atoms with Crippen molar-refractivity contribution in [2.75, 3.05) is 40.9 Å². The zero-order valence-corrected chi connectivity index (χ0v) is 53.9. The van der Waals surface area contributed by atoms with Gasteiger partial charge in [0.25, 0.3) is 0 Å². The van der Waals surface area contributed by atoms with Crippen molar-refractivity contribution in [3.05, 3.63) is 122 Å². The number of hydrogen-bond acceptors (Lipinski definition) is 6. The number of quaternary nitrogens is 1. The van der Waals surface area contributed by atoms with E-state index in [-0.39, 0.29) is 37.9 Å². The van der Waals surface area contributed by atoms with Gasteiger partial charge in [0.15, 0.2) is 0 Å². The molecule has 2 N–H and O–H groups in total. The maximum absolute atomic E-state index is 13.6. The van der Waals surface area contributed by atoms with Crippen LogP contribution in [0, 0.1) is 0 Å². The number of phosphoric ester groups is 1. The summed E-state index contributed by atoms with van der Waals surface area (Å²) in [5, 5.41) is 3.03. The van der Waals surface area contributed by atoms with Crippen molar-refractivity contribution in [3.63, 3.8) is 0 Å². The van der Waals surface area contributed by atoms with Crippen LogP contribution in [0.2, 0.25) is 0 Å². The van der Waals surface area contributed by atoms with Gasteiger partial charge >= 0.3 is 13.8 Å². The zero-order chi connectivity index (χ0) is 59.3. The summed E-state index contributed by atoms with van der Waals surface area (Å²) < 4.78 is 30.7. The first kappa shape index (κ1) is 77.4. The Labute approximate surface area is 499 Å². The van der Waals surface area contributed by atoms with Gasteiger partial charge in [-0.1, -0.05) is 284 Å². The van der Waals surface area contributed by atoms with Crippen molar-refractivity contribution in [3.8, 4) is 0 Å². The Hall–Kier alpha value is -3.59. The van der Waals surface area contributed by atoms with E-state index in [0.717, 1.165) is 77.0 Å². The number of allylic oxidation sites excluding steroid dienone is 19. The van der Waals surface area contributed by atoms with E-state index in [9.17, 15) is 19.0 Å². The highest BCUT2D eigenvalue weighted by Crippen LogP contribution is 2.43. The first-order valence-corrected chi connectivity index (χ1v) is 34.4. The van der Waals surface area contributed by atoms with E-state index >= 15 is 0 Å². The third-order valence-corrected chi connectivity index (χ3v) is 15.0. The molecule has 0 rings (SSSR count). The molecule has 0 heterocycles. The highest BCUT2D eigenvalue weighted by molar-refractivity contribution is 7.47. The molecule has 0 aromatic heterocycles. The predicted molar refractivity (Wildman–Crippen MR) is 350 cm³/mol. The summed E-state index contributed by atoms with van der Waals surface area (Å²) in [6.45, 7) is 6.80. The molecule has 81 heavy (non-hydrogen) atoms. The Morgan fingerprint density at radius 1 is 0.457 bits per heavy atom. The Kier molecular flexibility index (Phi) is 56.9. The van der Waals surface area contributed by atoms with Crippen LogP contribution in [0.3, 0.4) is 0 Å². The molecule has 0 saturated heterocycles. The predicted octanol–water partition coefficient (Wildman–Crippen LogP) is 20.7. The number of likely N-dealkylation sites (N-methyl/N-ethyl adjacent to an activating group) is 1. The number of carbonyl (C=O) groups is 2. The lowest BCUT2D eigenvalue weighted by molar-refractivity contribution is -0.870. The number of esters is 1. The van der Waals surface area contributed by atoms with Crippen LogP contribution < -0.4 is 5.32 Å². The van der Waals surface area contributed by atoms with Crippen molar-refractivity contribution in [1.29, 1.82) is 0 Å². The minimum atomic E-state index is -4.47. The van der Waals surface area contributed by atoms with E-state index < -0.39 is 20.0 Å². The molecule has 0 fully saturated rings. The molecule has 0 aliphatic heterocycles. The molecule has 0 aromatic carbocycles. The maximum atomic E-state index is 13.6. The molecular weight excluding hydrogens is 1020 g/mol. The molecule has 0 radical (unpaired) electrons. The van der Waals surface area contributed by atoms with Crippen molar-refractivity contribution in [1.82, 2.24) is 5.32 Å². The maximum Gasteiger partial charge on any atom is 0.472 e. The zero-order valence-electron chi connectivity index (χ0n) is 53.0. The second-order valence-electron chi connectivity index (χ2n) is 23.1. The van der Waals surface area contributed by atoms with Gasteiger partial charge in [-0.3, -0.25) is 18.6 Å². The van der Waals surface area contributed by atoms with Gasteiger partial charge in [0.2, 0.25) is 5.91 Å². The Bertz CT molecular complexity index is 1800. The van der Waals surface area contributed by atoms with Crippen LogP contribution in [0.25, 0.3) is 0 Å². The van der Waals surface area contributed by atoms with Crippen LogP contribution in [0.5, 0.6) is 0 Å². The van der Waals surface area contributed by atoms with Crippen LogP contribution >= 0.6 is 7.82 Å². The molecule has 0 bridgehead atoms. The molecule has 0 aliphatic carbocycles. The molecule has 9 nitrogen and oxygen atoms in total. The smallest absolute Gasteiger partial charge is 0.456 e. The van der Waals surface area contributed by atoms with Gasteiger partial charge in [-0.15, -0.1) is 0 Å². The van der Waals surface area contributed by atoms with Gasteiger partial charge in [0.1, 0.15) is 19.3 Å². The van der Waals surface area contributed by atoms with Crippen LogP contribution in [0.15, 0.2) is 122 Å². The quantitative estimate of drug-likeness (QED) is 0.0156. The molecule has 0 aliphatic rings. The van der Waals surface area contributed by atoms with Gasteiger partial charge in [0.05, 0.1) is 33.8 Å². The van der Waals surface area contributed by atoms with Crippen LogP contribution in [-0.4, -0.2) is 74.3 Å². The molecule has 1 amide bonds. The Morgan fingerprint density at radius 3 is 1.33 bits per heavy atom. The summed E-state index contributed by atoms with van der Waals surface area (Å²) in [7, 11) is 1.45. The fourth-order valence-electron chi connectivity index (χ4n) is 8.98. The Morgan fingerprint density at radius 2 is 0.840 bits per heavy atom. The highest BCUT2D eigenvalue weighted by Gasteiger charge is 2.30. The third kappa shape index (κ3) is 60.8. The van der Waals surface area contributed by atoms with E-state index in [1.165, 1.54) is 148 Å². The first-order chi connectivity index (χ1) is 39.4. The lowest BCUT2D eigenvalue weighted by Crippen LogP contribution is -2.47. The molecule has 3 atom stereocenters. The van der Waals surface area contributed by atoms with E-state index in [2.05, 4.69) is 74.7 Å². The average Bonchev–Trinajstić information content (AvgIpc) is 3.44. The molecular formula is C71H124N2O7P+. The number of phosphoric acid groups is 1. The number of amides is 1. The van der Waals surface area contributed by atoms with E-state index in [1.807, 2.05) is 94.1 Å². The minimum Gasteiger partial charge on any atom is -0.456 e.